The average Bonchev–Trinajstić information content (AvgIpc) is 3.57. The summed E-state index contributed by atoms with van der Waals surface area (Å²) in [7, 11) is 1.44. The average molecular weight is 785 g/mol. The van der Waals surface area contributed by atoms with Gasteiger partial charge in [0.15, 0.2) is 0 Å². The molecule has 0 bridgehead atoms. The van der Waals surface area contributed by atoms with E-state index in [4.69, 9.17) is 14.2 Å². The predicted molar refractivity (Wildman–Crippen MR) is 210 cm³/mol. The number of anilines is 1. The smallest absolute Gasteiger partial charge is 0.421 e. The van der Waals surface area contributed by atoms with E-state index in [2.05, 4.69) is 11.8 Å². The van der Waals surface area contributed by atoms with E-state index in [1.807, 2.05) is 60.7 Å². The zero-order chi connectivity index (χ0) is 40.6. The fourth-order valence-corrected chi connectivity index (χ4v) is 9.51. The lowest BCUT2D eigenvalue weighted by Crippen LogP contribution is -2.53. The molecule has 298 valence electrons. The lowest BCUT2D eigenvalue weighted by Gasteiger charge is -2.46. The number of morpholine rings is 1. The highest BCUT2D eigenvalue weighted by atomic mass is 16.6. The highest BCUT2D eigenvalue weighted by Crippen LogP contribution is 2.66. The number of benzene rings is 4. The lowest BCUT2D eigenvalue weighted by atomic mass is 9.65. The quantitative estimate of drug-likeness (QED) is 0.0827. The Bertz CT molecular complexity index is 2260. The predicted octanol–water partition coefficient (Wildman–Crippen LogP) is 6.36. The number of rotatable bonds is 7. The fourth-order valence-electron chi connectivity index (χ4n) is 9.51. The second kappa shape index (κ2) is 15.7. The lowest BCUT2D eigenvalue weighted by molar-refractivity contribution is -0.179. The van der Waals surface area contributed by atoms with Crippen LogP contribution in [0.25, 0.3) is 0 Å². The summed E-state index contributed by atoms with van der Waals surface area (Å²) < 4.78 is 16.9. The first-order valence-corrected chi connectivity index (χ1v) is 19.6. The number of carbonyl (C=O) groups excluding carboxylic acids is 3. The Morgan fingerprint density at radius 1 is 0.828 bits per heavy atom. The number of cyclic esters (lactones) is 1. The molecule has 58 heavy (non-hydrogen) atoms. The maximum absolute atomic E-state index is 15.7. The Hall–Kier alpha value is -6.00. The molecule has 3 N–H and O–H groups in total. The van der Waals surface area contributed by atoms with Crippen LogP contribution in [0.1, 0.15) is 84.5 Å². The van der Waals surface area contributed by atoms with Crippen molar-refractivity contribution in [2.45, 2.75) is 73.8 Å². The van der Waals surface area contributed by atoms with E-state index in [1.165, 1.54) is 25.3 Å². The summed E-state index contributed by atoms with van der Waals surface area (Å²) in [4.78, 5) is 61.2. The van der Waals surface area contributed by atoms with Crippen molar-refractivity contribution in [1.82, 2.24) is 4.90 Å². The number of fused-ring (bicyclic) bond motifs is 3. The molecule has 12 nitrogen and oxygen atoms in total. The second-order valence-corrected chi connectivity index (χ2v) is 15.4. The van der Waals surface area contributed by atoms with Crippen LogP contribution in [0.5, 0.6) is 5.75 Å². The minimum Gasteiger partial charge on any atom is -0.508 e. The van der Waals surface area contributed by atoms with Crippen LogP contribution in [0.15, 0.2) is 103 Å². The first-order chi connectivity index (χ1) is 28.1. The van der Waals surface area contributed by atoms with Crippen LogP contribution in [0.3, 0.4) is 0 Å². The minimum absolute atomic E-state index is 0.0401. The van der Waals surface area contributed by atoms with Gasteiger partial charge < -0.3 is 29.5 Å². The first kappa shape index (κ1) is 38.9. The maximum atomic E-state index is 15.7. The van der Waals surface area contributed by atoms with E-state index in [0.29, 0.717) is 35.1 Å². The number of phenols is 1. The number of hydrogen-bond acceptors (Lipinski definition) is 10. The Labute approximate surface area is 335 Å². The van der Waals surface area contributed by atoms with Gasteiger partial charge in [-0.2, -0.15) is 0 Å². The second-order valence-electron chi connectivity index (χ2n) is 15.4. The van der Waals surface area contributed by atoms with Gasteiger partial charge in [0, 0.05) is 12.7 Å². The minimum atomic E-state index is -2.17. The number of hydrogen-bond donors (Lipinski definition) is 3. The van der Waals surface area contributed by atoms with Crippen molar-refractivity contribution in [3.63, 3.8) is 0 Å². The van der Waals surface area contributed by atoms with Crippen LogP contribution < -0.4 is 4.90 Å². The third-order valence-corrected chi connectivity index (χ3v) is 12.0. The molecule has 4 aliphatic rings. The van der Waals surface area contributed by atoms with Crippen LogP contribution in [-0.2, 0) is 34.0 Å². The number of carbonyl (C=O) groups is 4. The number of aliphatic carboxylic acids is 1. The largest absolute Gasteiger partial charge is 0.508 e. The molecule has 4 aromatic carbocycles. The molecule has 1 aliphatic carbocycles. The van der Waals surface area contributed by atoms with Gasteiger partial charge in [-0.1, -0.05) is 97.5 Å². The van der Waals surface area contributed by atoms with Gasteiger partial charge >= 0.3 is 18.0 Å². The molecule has 0 aromatic heterocycles. The number of phenolic OH excluding ortho intramolecular Hbond substituents is 1. The molecule has 6 atom stereocenters. The number of esters is 1. The van der Waals surface area contributed by atoms with E-state index in [1.54, 1.807) is 29.2 Å². The molecule has 0 unspecified atom stereocenters. The molecule has 1 spiro atoms. The number of methoxy groups -OCH3 is 1. The molecule has 3 aliphatic heterocycles. The van der Waals surface area contributed by atoms with Crippen molar-refractivity contribution in [1.29, 1.82) is 0 Å². The summed E-state index contributed by atoms with van der Waals surface area (Å²) in [5, 5.41) is 33.4. The van der Waals surface area contributed by atoms with Gasteiger partial charge in [-0.05, 0) is 78.3 Å². The molecule has 8 rings (SSSR count). The van der Waals surface area contributed by atoms with Crippen molar-refractivity contribution in [3.05, 3.63) is 131 Å². The van der Waals surface area contributed by atoms with Crippen molar-refractivity contribution in [3.8, 4) is 17.6 Å². The Balaban J connectivity index is 1.41. The molecule has 3 heterocycles. The molecule has 2 amide bonds. The van der Waals surface area contributed by atoms with E-state index < -0.39 is 65.1 Å². The molecule has 1 saturated carbocycles. The van der Waals surface area contributed by atoms with Gasteiger partial charge in [-0.3, -0.25) is 19.3 Å². The number of ether oxygens (including phenoxy) is 3. The van der Waals surface area contributed by atoms with Crippen LogP contribution in [0.2, 0.25) is 0 Å². The maximum Gasteiger partial charge on any atom is 0.421 e. The van der Waals surface area contributed by atoms with Crippen molar-refractivity contribution in [2.24, 2.45) is 5.92 Å². The molecular weight excluding hydrogens is 741 g/mol. The summed E-state index contributed by atoms with van der Waals surface area (Å²) in [6.45, 7) is -0.151. The molecule has 12 heteroatoms. The standard InChI is InChI=1S/C46H44N2O10/c1-56-26-27-57-44(54)47-35-21-16-29(22-25-45(55)23-10-2-3-11-24-45)28-34(35)46(43(47)53)36(41(50)51)38-42(52)58-39(31-14-8-5-9-15-31)37(30-12-6-4-7-13-30)48(38)40(46)32-17-19-33(49)20-18-32/h4-9,12-21,28,36-40,49,55H,2-3,10-11,23-24,26-27H2,1H3,(H,50,51)/t36-,37-,38-,39+,40+,46-/m0/s1. The number of aliphatic hydroxyl groups is 1. The van der Waals surface area contributed by atoms with Crippen molar-refractivity contribution in [2.75, 3.05) is 25.2 Å². The summed E-state index contributed by atoms with van der Waals surface area (Å²) in [6.07, 6.45) is 2.64. The van der Waals surface area contributed by atoms with Crippen molar-refractivity contribution >= 4 is 29.6 Å². The highest BCUT2D eigenvalue weighted by Gasteiger charge is 2.76. The zero-order valence-electron chi connectivity index (χ0n) is 32.0. The van der Waals surface area contributed by atoms with Crippen LogP contribution in [0, 0.1) is 17.8 Å². The topological polar surface area (TPSA) is 163 Å². The normalized spacial score (nSPS) is 26.2. The number of aromatic hydroxyl groups is 1. The van der Waals surface area contributed by atoms with E-state index >= 15 is 4.79 Å². The van der Waals surface area contributed by atoms with Crippen LogP contribution in [0.4, 0.5) is 10.5 Å². The SMILES string of the molecule is COCCOC(=O)N1C(=O)[C@@]2(c3cc(C#CC4(O)CCCCCC4)ccc31)[C@H](C(=O)O)[C@H]1C(=O)O[C@H](c3ccccc3)[C@H](c3ccccc3)N1[C@@H]2c1ccc(O)cc1. The Morgan fingerprint density at radius 2 is 1.48 bits per heavy atom. The van der Waals surface area contributed by atoms with Crippen LogP contribution >= 0.6 is 0 Å². The molecule has 2 saturated heterocycles. The van der Waals surface area contributed by atoms with Gasteiger partial charge in [-0.15, -0.1) is 0 Å². The summed E-state index contributed by atoms with van der Waals surface area (Å²) in [5.41, 5.74) is -1.05. The van der Waals surface area contributed by atoms with E-state index in [9.17, 15) is 29.7 Å². The molecular formula is C46H44N2O10. The van der Waals surface area contributed by atoms with Gasteiger partial charge in [0.1, 0.15) is 41.4 Å². The third kappa shape index (κ3) is 6.59. The number of nitrogens with zero attached hydrogens (tertiary/aromatic N) is 2. The number of carboxylic acids is 1. The van der Waals surface area contributed by atoms with Gasteiger partial charge in [0.25, 0.3) is 0 Å². The molecule has 3 fully saturated rings. The Morgan fingerprint density at radius 3 is 2.12 bits per heavy atom. The summed E-state index contributed by atoms with van der Waals surface area (Å²) in [5.74, 6) is 1.08. The monoisotopic (exact) mass is 784 g/mol. The first-order valence-electron chi connectivity index (χ1n) is 19.6. The van der Waals surface area contributed by atoms with Crippen molar-refractivity contribution < 1.29 is 48.7 Å². The number of amides is 2. The molecule has 0 radical (unpaired) electrons. The van der Waals surface area contributed by atoms with Gasteiger partial charge in [-0.25, -0.2) is 9.69 Å². The summed E-state index contributed by atoms with van der Waals surface area (Å²) >= 11 is 0. The van der Waals surface area contributed by atoms with Crippen LogP contribution in [-0.4, -0.2) is 76.1 Å². The van der Waals surface area contributed by atoms with E-state index in [-0.39, 0.29) is 30.2 Å². The third-order valence-electron chi connectivity index (χ3n) is 12.0. The zero-order valence-corrected chi connectivity index (χ0v) is 32.0. The highest BCUT2D eigenvalue weighted by molar-refractivity contribution is 6.23. The number of imide groups is 1. The summed E-state index contributed by atoms with van der Waals surface area (Å²) in [6, 6.07) is 25.6. The van der Waals surface area contributed by atoms with E-state index in [0.717, 1.165) is 30.6 Å². The van der Waals surface area contributed by atoms with Gasteiger partial charge in [0.2, 0.25) is 5.91 Å². The fraction of sp³-hybridized carbons (Fsp3) is 0.348. The molecule has 4 aromatic rings. The van der Waals surface area contributed by atoms with Gasteiger partial charge in [0.05, 0.1) is 24.4 Å². The number of carboxylic acid groups (broad SMARTS) is 1. The Kier molecular flexibility index (Phi) is 10.5.